The second-order valence-electron chi connectivity index (χ2n) is 8.15. The molecule has 1 aliphatic carbocycles. The van der Waals surface area contributed by atoms with Gasteiger partial charge in [-0.05, 0) is 83.5 Å². The van der Waals surface area contributed by atoms with Gasteiger partial charge in [0, 0.05) is 22.3 Å². The van der Waals surface area contributed by atoms with Gasteiger partial charge in [0.15, 0.2) is 5.11 Å². The highest BCUT2D eigenvalue weighted by molar-refractivity contribution is 9.10. The van der Waals surface area contributed by atoms with Crippen LogP contribution in [-0.2, 0) is 0 Å². The standard InChI is InChI=1S/C24H23BrFN3OS/c25-18-14-15(26)9-10-17(18)20-11-12-21(30-20)23-22(19-8-4-5-13-27-19)28-24(31)29(23)16-6-2-1-3-7-16/h4-5,8-14,16,22-23H,1-3,6-7H2,(H,28,31)/t22-,23-/m1/s1. The maximum absolute atomic E-state index is 13.6. The monoisotopic (exact) mass is 499 g/mol. The Labute approximate surface area is 195 Å². The molecule has 31 heavy (non-hydrogen) atoms. The SMILES string of the molecule is Fc1ccc(-c2ccc([C@@H]3[C@@H](c4ccccn4)NC(=S)N3C3CCCCC3)o2)c(Br)c1. The summed E-state index contributed by atoms with van der Waals surface area (Å²) < 4.78 is 20.6. The normalized spacial score (nSPS) is 22.0. The number of rotatable bonds is 4. The lowest BCUT2D eigenvalue weighted by Gasteiger charge is -2.36. The smallest absolute Gasteiger partial charge is 0.170 e. The van der Waals surface area contributed by atoms with Crippen LogP contribution in [0.2, 0.25) is 0 Å². The zero-order valence-electron chi connectivity index (χ0n) is 16.9. The molecule has 1 N–H and O–H groups in total. The largest absolute Gasteiger partial charge is 0.459 e. The third-order valence-electron chi connectivity index (χ3n) is 6.22. The zero-order valence-corrected chi connectivity index (χ0v) is 19.3. The lowest BCUT2D eigenvalue weighted by Crippen LogP contribution is -2.40. The molecule has 4 nitrogen and oxygen atoms in total. The van der Waals surface area contributed by atoms with Gasteiger partial charge < -0.3 is 14.6 Å². The van der Waals surface area contributed by atoms with E-state index in [1.807, 2.05) is 36.5 Å². The highest BCUT2D eigenvalue weighted by Crippen LogP contribution is 2.44. The molecule has 0 spiro atoms. The molecule has 1 aliphatic heterocycles. The minimum Gasteiger partial charge on any atom is -0.459 e. The molecular weight excluding hydrogens is 477 g/mol. The number of hydrogen-bond donors (Lipinski definition) is 1. The molecule has 160 valence electrons. The quantitative estimate of drug-likeness (QED) is 0.412. The van der Waals surface area contributed by atoms with Crippen molar-refractivity contribution in [1.82, 2.24) is 15.2 Å². The fourth-order valence-corrected chi connectivity index (χ4v) is 5.70. The number of hydrogen-bond acceptors (Lipinski definition) is 3. The second-order valence-corrected chi connectivity index (χ2v) is 9.39. The van der Waals surface area contributed by atoms with Crippen LogP contribution in [-0.4, -0.2) is 21.0 Å². The molecule has 2 aromatic heterocycles. The number of halogens is 2. The van der Waals surface area contributed by atoms with Gasteiger partial charge in [-0.1, -0.05) is 25.3 Å². The van der Waals surface area contributed by atoms with Gasteiger partial charge in [-0.3, -0.25) is 4.98 Å². The molecule has 2 fully saturated rings. The van der Waals surface area contributed by atoms with E-state index in [1.54, 1.807) is 6.07 Å². The summed E-state index contributed by atoms with van der Waals surface area (Å²) in [4.78, 5) is 6.93. The zero-order chi connectivity index (χ0) is 21.4. The van der Waals surface area contributed by atoms with Crippen LogP contribution in [0.15, 0.2) is 63.6 Å². The number of pyridine rings is 1. The Bertz CT molecular complexity index is 1080. The average molecular weight is 500 g/mol. The van der Waals surface area contributed by atoms with E-state index in [1.165, 1.54) is 31.4 Å². The van der Waals surface area contributed by atoms with E-state index in [2.05, 4.69) is 31.1 Å². The molecule has 2 aliphatic rings. The minimum atomic E-state index is -0.286. The minimum absolute atomic E-state index is 0.0847. The van der Waals surface area contributed by atoms with Crippen molar-refractivity contribution in [3.05, 3.63) is 76.5 Å². The number of furan rings is 1. The fourth-order valence-electron chi connectivity index (χ4n) is 4.77. The van der Waals surface area contributed by atoms with E-state index >= 15 is 0 Å². The van der Waals surface area contributed by atoms with Crippen molar-refractivity contribution in [2.24, 2.45) is 0 Å². The maximum atomic E-state index is 13.6. The molecule has 0 amide bonds. The first kappa shape index (κ1) is 20.6. The van der Waals surface area contributed by atoms with Crippen LogP contribution in [0, 0.1) is 5.82 Å². The fraction of sp³-hybridized carbons (Fsp3) is 0.333. The summed E-state index contributed by atoms with van der Waals surface area (Å²) in [7, 11) is 0. The number of nitrogens with zero attached hydrogens (tertiary/aromatic N) is 2. The Hall–Kier alpha value is -2.25. The Morgan fingerprint density at radius 2 is 1.94 bits per heavy atom. The summed E-state index contributed by atoms with van der Waals surface area (Å²) in [6.07, 6.45) is 7.79. The summed E-state index contributed by atoms with van der Waals surface area (Å²) >= 11 is 9.26. The molecule has 2 atom stereocenters. The molecule has 0 bridgehead atoms. The van der Waals surface area contributed by atoms with Crippen LogP contribution in [0.3, 0.4) is 0 Å². The van der Waals surface area contributed by atoms with Gasteiger partial charge in [0.2, 0.25) is 0 Å². The maximum Gasteiger partial charge on any atom is 0.170 e. The Balaban J connectivity index is 1.55. The molecule has 3 aromatic rings. The van der Waals surface area contributed by atoms with Crippen molar-refractivity contribution >= 4 is 33.3 Å². The number of nitrogens with one attached hydrogen (secondary N) is 1. The van der Waals surface area contributed by atoms with Gasteiger partial charge in [0.05, 0.1) is 11.7 Å². The van der Waals surface area contributed by atoms with Crippen molar-refractivity contribution in [3.63, 3.8) is 0 Å². The van der Waals surface area contributed by atoms with Crippen molar-refractivity contribution in [2.45, 2.75) is 50.2 Å². The van der Waals surface area contributed by atoms with Gasteiger partial charge in [0.1, 0.15) is 23.4 Å². The van der Waals surface area contributed by atoms with Crippen LogP contribution in [0.25, 0.3) is 11.3 Å². The Kier molecular flexibility index (Phi) is 5.80. The van der Waals surface area contributed by atoms with Crippen LogP contribution in [0.1, 0.15) is 55.6 Å². The predicted octanol–water partition coefficient (Wildman–Crippen LogP) is 6.55. The van der Waals surface area contributed by atoms with Crippen LogP contribution in [0.4, 0.5) is 4.39 Å². The van der Waals surface area contributed by atoms with Gasteiger partial charge >= 0.3 is 0 Å². The first-order chi connectivity index (χ1) is 15.1. The summed E-state index contributed by atoms with van der Waals surface area (Å²) in [5.41, 5.74) is 1.76. The van der Waals surface area contributed by atoms with Crippen molar-refractivity contribution < 1.29 is 8.81 Å². The predicted molar refractivity (Wildman–Crippen MR) is 126 cm³/mol. The lowest BCUT2D eigenvalue weighted by molar-refractivity contribution is 0.179. The van der Waals surface area contributed by atoms with E-state index in [0.29, 0.717) is 16.3 Å². The summed E-state index contributed by atoms with van der Waals surface area (Å²) in [5, 5.41) is 4.27. The Morgan fingerprint density at radius 3 is 2.68 bits per heavy atom. The second kappa shape index (κ2) is 8.71. The van der Waals surface area contributed by atoms with E-state index in [0.717, 1.165) is 35.0 Å². The molecule has 1 saturated carbocycles. The highest BCUT2D eigenvalue weighted by Gasteiger charge is 2.44. The molecule has 5 rings (SSSR count). The van der Waals surface area contributed by atoms with Crippen molar-refractivity contribution in [3.8, 4) is 11.3 Å². The van der Waals surface area contributed by atoms with Gasteiger partial charge in [-0.25, -0.2) is 4.39 Å². The first-order valence-electron chi connectivity index (χ1n) is 10.7. The molecule has 7 heteroatoms. The Morgan fingerprint density at radius 1 is 1.10 bits per heavy atom. The molecule has 1 aromatic carbocycles. The van der Waals surface area contributed by atoms with Crippen LogP contribution >= 0.6 is 28.1 Å². The number of thiocarbonyl (C=S) groups is 1. The lowest BCUT2D eigenvalue weighted by atomic mass is 9.92. The molecular formula is C24H23BrFN3OS. The highest BCUT2D eigenvalue weighted by atomic mass is 79.9. The van der Waals surface area contributed by atoms with Crippen molar-refractivity contribution in [1.29, 1.82) is 0 Å². The summed E-state index contributed by atoms with van der Waals surface area (Å²) in [5.74, 6) is 1.24. The first-order valence-corrected chi connectivity index (χ1v) is 11.9. The van der Waals surface area contributed by atoms with Crippen LogP contribution in [0.5, 0.6) is 0 Å². The van der Waals surface area contributed by atoms with Crippen molar-refractivity contribution in [2.75, 3.05) is 0 Å². The van der Waals surface area contributed by atoms with Gasteiger partial charge in [-0.2, -0.15) is 0 Å². The summed E-state index contributed by atoms with van der Waals surface area (Å²) in [6.45, 7) is 0. The average Bonchev–Trinajstić information content (AvgIpc) is 3.39. The molecule has 1 saturated heterocycles. The van der Waals surface area contributed by atoms with Gasteiger partial charge in [0.25, 0.3) is 0 Å². The van der Waals surface area contributed by atoms with E-state index in [4.69, 9.17) is 16.6 Å². The number of aromatic nitrogens is 1. The molecule has 3 heterocycles. The third kappa shape index (κ3) is 4.01. The summed E-state index contributed by atoms with van der Waals surface area (Å²) in [6, 6.07) is 14.7. The third-order valence-corrected chi connectivity index (χ3v) is 7.20. The molecule has 0 unspecified atom stereocenters. The van der Waals surface area contributed by atoms with Gasteiger partial charge in [-0.15, -0.1) is 0 Å². The van der Waals surface area contributed by atoms with E-state index in [-0.39, 0.29) is 17.9 Å². The van der Waals surface area contributed by atoms with Crippen LogP contribution < -0.4 is 5.32 Å². The topological polar surface area (TPSA) is 41.3 Å². The number of benzene rings is 1. The molecule has 0 radical (unpaired) electrons. The van der Waals surface area contributed by atoms with E-state index < -0.39 is 0 Å². The van der Waals surface area contributed by atoms with E-state index in [9.17, 15) is 4.39 Å².